The van der Waals surface area contributed by atoms with Gasteiger partial charge in [-0.25, -0.2) is 0 Å². The van der Waals surface area contributed by atoms with E-state index in [1.54, 1.807) is 48.2 Å². The van der Waals surface area contributed by atoms with E-state index in [1.165, 1.54) is 6.92 Å². The third kappa shape index (κ3) is 7.17. The molecule has 6 heteroatoms. The number of esters is 2. The molecule has 0 aliphatic carbocycles. The van der Waals surface area contributed by atoms with Crippen LogP contribution in [0.25, 0.3) is 0 Å². The molecule has 6 nitrogen and oxygen atoms in total. The van der Waals surface area contributed by atoms with Gasteiger partial charge in [0.2, 0.25) is 5.91 Å². The highest BCUT2D eigenvalue weighted by Gasteiger charge is 2.30. The normalized spacial score (nSPS) is 12.2. The molecule has 2 rings (SSSR count). The zero-order chi connectivity index (χ0) is 25.1. The fourth-order valence-electron chi connectivity index (χ4n) is 3.71. The number of benzene rings is 2. The molecular weight excluding hydrogens is 430 g/mol. The molecule has 1 amide bonds. The zero-order valence-electron chi connectivity index (χ0n) is 20.2. The van der Waals surface area contributed by atoms with Crippen LogP contribution in [0.4, 0.5) is 0 Å². The molecule has 0 saturated heterocycles. The fraction of sp³-hybridized carbons (Fsp3) is 0.321. The predicted molar refractivity (Wildman–Crippen MR) is 133 cm³/mol. The minimum absolute atomic E-state index is 0.0102. The van der Waals surface area contributed by atoms with Crippen molar-refractivity contribution in [3.05, 3.63) is 85.0 Å². The lowest BCUT2D eigenvalue weighted by Crippen LogP contribution is -2.33. The Morgan fingerprint density at radius 2 is 1.35 bits per heavy atom. The van der Waals surface area contributed by atoms with Gasteiger partial charge in [0.15, 0.2) is 0 Å². The molecule has 0 heterocycles. The first kappa shape index (κ1) is 26.6. The first-order chi connectivity index (χ1) is 16.2. The third-order valence-electron chi connectivity index (χ3n) is 5.66. The fourth-order valence-corrected chi connectivity index (χ4v) is 3.71. The number of ether oxygens (including phenoxy) is 2. The number of hydrogen-bond acceptors (Lipinski definition) is 5. The second kappa shape index (κ2) is 12.5. The first-order valence-corrected chi connectivity index (χ1v) is 11.3. The van der Waals surface area contributed by atoms with E-state index in [4.69, 9.17) is 9.47 Å². The SMILES string of the molecule is C=CCN(CC=C)C(=O)CCC(C)(c1ccc(OC(C)=O)cc1)c1ccc(OC(=O)CC)cc1. The Morgan fingerprint density at radius 3 is 1.76 bits per heavy atom. The molecule has 0 fully saturated rings. The van der Waals surface area contributed by atoms with E-state index >= 15 is 0 Å². The second-order valence-electron chi connectivity index (χ2n) is 8.18. The maximum atomic E-state index is 12.9. The maximum absolute atomic E-state index is 12.9. The molecule has 0 bridgehead atoms. The van der Waals surface area contributed by atoms with Crippen LogP contribution in [0.3, 0.4) is 0 Å². The molecule has 1 unspecified atom stereocenters. The maximum Gasteiger partial charge on any atom is 0.310 e. The molecule has 0 aliphatic heterocycles. The smallest absolute Gasteiger partial charge is 0.310 e. The highest BCUT2D eigenvalue weighted by atomic mass is 16.5. The monoisotopic (exact) mass is 463 g/mol. The lowest BCUT2D eigenvalue weighted by atomic mass is 9.73. The molecule has 0 aliphatic rings. The van der Waals surface area contributed by atoms with E-state index in [-0.39, 0.29) is 17.8 Å². The van der Waals surface area contributed by atoms with Gasteiger partial charge in [-0.05, 0) is 41.8 Å². The molecule has 1 atom stereocenters. The standard InChI is InChI=1S/C28H33NO5/c1-6-19-29(20-7-2)26(31)17-18-28(5,22-9-13-24(14-10-22)33-21(4)30)23-11-15-25(16-12-23)34-27(32)8-3/h6-7,9-16H,1-2,8,17-20H2,3-5H3. The van der Waals surface area contributed by atoms with Crippen LogP contribution < -0.4 is 9.47 Å². The number of carbonyl (C=O) groups excluding carboxylic acids is 3. The van der Waals surface area contributed by atoms with Gasteiger partial charge in [-0.3, -0.25) is 14.4 Å². The highest BCUT2D eigenvalue weighted by molar-refractivity contribution is 5.77. The summed E-state index contributed by atoms with van der Waals surface area (Å²) in [6, 6.07) is 14.6. The van der Waals surface area contributed by atoms with E-state index in [2.05, 4.69) is 20.1 Å². The van der Waals surface area contributed by atoms with Crippen molar-refractivity contribution in [3.8, 4) is 11.5 Å². The Bertz CT molecular complexity index is 1000. The van der Waals surface area contributed by atoms with Gasteiger partial charge >= 0.3 is 11.9 Å². The minimum Gasteiger partial charge on any atom is -0.427 e. The van der Waals surface area contributed by atoms with E-state index in [1.807, 2.05) is 24.3 Å². The highest BCUT2D eigenvalue weighted by Crippen LogP contribution is 2.38. The van der Waals surface area contributed by atoms with Gasteiger partial charge in [0.05, 0.1) is 0 Å². The van der Waals surface area contributed by atoms with Crippen LogP contribution in [-0.4, -0.2) is 35.8 Å². The van der Waals surface area contributed by atoms with Gasteiger partial charge in [0.25, 0.3) is 0 Å². The molecule has 180 valence electrons. The molecule has 0 spiro atoms. The predicted octanol–water partition coefficient (Wildman–Crippen LogP) is 5.21. The summed E-state index contributed by atoms with van der Waals surface area (Å²) in [5, 5.41) is 0. The molecule has 2 aromatic carbocycles. The quantitative estimate of drug-likeness (QED) is 0.245. The molecule has 0 aromatic heterocycles. The minimum atomic E-state index is -0.522. The lowest BCUT2D eigenvalue weighted by Gasteiger charge is -2.32. The molecular formula is C28H33NO5. The number of carbonyl (C=O) groups is 3. The molecule has 0 saturated carbocycles. The Hall–Kier alpha value is -3.67. The Balaban J connectivity index is 2.36. The van der Waals surface area contributed by atoms with Crippen molar-refractivity contribution >= 4 is 17.8 Å². The average molecular weight is 464 g/mol. The first-order valence-electron chi connectivity index (χ1n) is 11.3. The molecule has 0 radical (unpaired) electrons. The number of nitrogens with zero attached hydrogens (tertiary/aromatic N) is 1. The van der Waals surface area contributed by atoms with Gasteiger partial charge in [-0.15, -0.1) is 13.2 Å². The third-order valence-corrected chi connectivity index (χ3v) is 5.66. The summed E-state index contributed by atoms with van der Waals surface area (Å²) < 4.78 is 10.5. The van der Waals surface area contributed by atoms with Crippen LogP contribution in [-0.2, 0) is 19.8 Å². The van der Waals surface area contributed by atoms with Crippen molar-refractivity contribution in [1.29, 1.82) is 0 Å². The van der Waals surface area contributed by atoms with Crippen LogP contribution in [0.5, 0.6) is 11.5 Å². The van der Waals surface area contributed by atoms with Crippen molar-refractivity contribution in [1.82, 2.24) is 4.90 Å². The Morgan fingerprint density at radius 1 is 0.882 bits per heavy atom. The molecule has 0 N–H and O–H groups in total. The van der Waals surface area contributed by atoms with E-state index in [9.17, 15) is 14.4 Å². The number of hydrogen-bond donors (Lipinski definition) is 0. The van der Waals surface area contributed by atoms with Crippen LogP contribution in [0.2, 0.25) is 0 Å². The summed E-state index contributed by atoms with van der Waals surface area (Å²) in [7, 11) is 0. The zero-order valence-corrected chi connectivity index (χ0v) is 20.2. The summed E-state index contributed by atoms with van der Waals surface area (Å²) in [6.45, 7) is 13.5. The summed E-state index contributed by atoms with van der Waals surface area (Å²) >= 11 is 0. The van der Waals surface area contributed by atoms with E-state index in [0.29, 0.717) is 43.9 Å². The van der Waals surface area contributed by atoms with Crippen molar-refractivity contribution < 1.29 is 23.9 Å². The van der Waals surface area contributed by atoms with E-state index in [0.717, 1.165) is 11.1 Å². The van der Waals surface area contributed by atoms with E-state index < -0.39 is 5.41 Å². The Labute approximate surface area is 201 Å². The van der Waals surface area contributed by atoms with Crippen LogP contribution >= 0.6 is 0 Å². The van der Waals surface area contributed by atoms with Crippen LogP contribution in [0.1, 0.15) is 51.2 Å². The largest absolute Gasteiger partial charge is 0.427 e. The van der Waals surface area contributed by atoms with Crippen molar-refractivity contribution in [2.24, 2.45) is 0 Å². The van der Waals surface area contributed by atoms with Crippen molar-refractivity contribution in [3.63, 3.8) is 0 Å². The molecule has 2 aromatic rings. The summed E-state index contributed by atoms with van der Waals surface area (Å²) in [4.78, 5) is 37.5. The van der Waals surface area contributed by atoms with Crippen molar-refractivity contribution in [2.45, 2.75) is 45.4 Å². The second-order valence-corrected chi connectivity index (χ2v) is 8.18. The number of amides is 1. The molecule has 34 heavy (non-hydrogen) atoms. The van der Waals surface area contributed by atoms with Gasteiger partial charge in [-0.1, -0.05) is 50.3 Å². The summed E-state index contributed by atoms with van der Waals surface area (Å²) in [5.41, 5.74) is 1.41. The topological polar surface area (TPSA) is 72.9 Å². The summed E-state index contributed by atoms with van der Waals surface area (Å²) in [6.07, 6.45) is 4.55. The van der Waals surface area contributed by atoms with Gasteiger partial charge in [0.1, 0.15) is 11.5 Å². The lowest BCUT2D eigenvalue weighted by molar-refractivity contribution is -0.134. The van der Waals surface area contributed by atoms with Crippen molar-refractivity contribution in [2.75, 3.05) is 13.1 Å². The van der Waals surface area contributed by atoms with Gasteiger partial charge in [0, 0.05) is 38.3 Å². The summed E-state index contributed by atoms with van der Waals surface area (Å²) in [5.74, 6) is 0.257. The number of rotatable bonds is 12. The van der Waals surface area contributed by atoms with Crippen LogP contribution in [0.15, 0.2) is 73.8 Å². The average Bonchev–Trinajstić information content (AvgIpc) is 2.82. The Kier molecular flexibility index (Phi) is 9.80. The van der Waals surface area contributed by atoms with Gasteiger partial charge < -0.3 is 14.4 Å². The van der Waals surface area contributed by atoms with Crippen LogP contribution in [0, 0.1) is 0 Å². The van der Waals surface area contributed by atoms with Gasteiger partial charge in [-0.2, -0.15) is 0 Å².